The highest BCUT2D eigenvalue weighted by atomic mass is 35.5. The van der Waals surface area contributed by atoms with E-state index in [1.165, 1.54) is 0 Å². The van der Waals surface area contributed by atoms with Gasteiger partial charge in [-0.2, -0.15) is 0 Å². The molecule has 0 unspecified atom stereocenters. The summed E-state index contributed by atoms with van der Waals surface area (Å²) in [5, 5.41) is 15.0. The highest BCUT2D eigenvalue weighted by molar-refractivity contribution is 6.30. The molecular formula is C19H17ClN6O3. The van der Waals surface area contributed by atoms with Gasteiger partial charge in [0, 0.05) is 16.3 Å². The number of benzene rings is 2. The summed E-state index contributed by atoms with van der Waals surface area (Å²) in [6.45, 7) is 3.62. The van der Waals surface area contributed by atoms with E-state index in [-0.39, 0.29) is 11.6 Å². The summed E-state index contributed by atoms with van der Waals surface area (Å²) in [4.78, 5) is 31.2. The predicted octanol–water partition coefficient (Wildman–Crippen LogP) is 4.16. The first-order valence-electron chi connectivity index (χ1n) is 8.51. The van der Waals surface area contributed by atoms with Gasteiger partial charge in [-0.3, -0.25) is 25.8 Å². The largest absolute Gasteiger partial charge is 0.355 e. The van der Waals surface area contributed by atoms with E-state index in [9.17, 15) is 14.9 Å². The summed E-state index contributed by atoms with van der Waals surface area (Å²) in [5.74, 6) is -0.645. The van der Waals surface area contributed by atoms with Crippen LogP contribution in [0.1, 0.15) is 21.5 Å². The number of nitrogens with zero attached hydrogens (tertiary/aromatic N) is 3. The van der Waals surface area contributed by atoms with Crippen molar-refractivity contribution in [2.75, 3.05) is 10.7 Å². The Hall–Kier alpha value is -3.72. The highest BCUT2D eigenvalue weighted by Crippen LogP contribution is 2.32. The number of hydrogen-bond acceptors (Lipinski definition) is 7. The van der Waals surface area contributed by atoms with E-state index in [1.807, 2.05) is 13.0 Å². The van der Waals surface area contributed by atoms with E-state index in [0.29, 0.717) is 16.3 Å². The Morgan fingerprint density at radius 2 is 1.79 bits per heavy atom. The maximum atomic E-state index is 12.4. The molecule has 0 bridgehead atoms. The van der Waals surface area contributed by atoms with Gasteiger partial charge >= 0.3 is 5.69 Å². The monoisotopic (exact) mass is 412 g/mol. The minimum Gasteiger partial charge on any atom is -0.334 e. The van der Waals surface area contributed by atoms with Gasteiger partial charge in [-0.15, -0.1) is 0 Å². The van der Waals surface area contributed by atoms with E-state index < -0.39 is 16.5 Å². The SMILES string of the molecule is Cc1ccc(Cl)cc1Nc1ncnc(NNC(=O)c2ccccc2C)c1[N+](=O)[O-]. The molecule has 1 amide bonds. The van der Waals surface area contributed by atoms with Gasteiger partial charge in [-0.05, 0) is 43.2 Å². The Balaban J connectivity index is 1.87. The minimum atomic E-state index is -0.634. The van der Waals surface area contributed by atoms with E-state index in [0.717, 1.165) is 17.5 Å². The fourth-order valence-corrected chi connectivity index (χ4v) is 2.77. The zero-order valence-electron chi connectivity index (χ0n) is 15.6. The van der Waals surface area contributed by atoms with Gasteiger partial charge < -0.3 is 5.32 Å². The van der Waals surface area contributed by atoms with Crippen LogP contribution in [0.3, 0.4) is 0 Å². The zero-order chi connectivity index (χ0) is 21.0. The van der Waals surface area contributed by atoms with Gasteiger partial charge in [0.15, 0.2) is 0 Å². The van der Waals surface area contributed by atoms with Gasteiger partial charge in [0.25, 0.3) is 5.91 Å². The molecule has 1 aromatic heterocycles. The van der Waals surface area contributed by atoms with E-state index in [1.54, 1.807) is 43.3 Å². The average Bonchev–Trinajstić information content (AvgIpc) is 2.69. The van der Waals surface area contributed by atoms with E-state index >= 15 is 0 Å². The molecule has 0 saturated carbocycles. The summed E-state index contributed by atoms with van der Waals surface area (Å²) < 4.78 is 0. The lowest BCUT2D eigenvalue weighted by Gasteiger charge is -2.13. The van der Waals surface area contributed by atoms with Crippen LogP contribution in [-0.4, -0.2) is 20.8 Å². The quantitative estimate of drug-likeness (QED) is 0.410. The molecule has 3 aromatic rings. The number of nitro groups is 1. The lowest BCUT2D eigenvalue weighted by Crippen LogP contribution is -2.30. The molecule has 148 valence electrons. The van der Waals surface area contributed by atoms with Gasteiger partial charge in [-0.25, -0.2) is 9.97 Å². The number of hydrogen-bond donors (Lipinski definition) is 3. The van der Waals surface area contributed by atoms with Crippen molar-refractivity contribution in [1.29, 1.82) is 0 Å². The number of nitrogens with one attached hydrogen (secondary N) is 3. The third-order valence-electron chi connectivity index (χ3n) is 4.14. The number of aryl methyl sites for hydroxylation is 2. The van der Waals surface area contributed by atoms with Crippen LogP contribution in [0.15, 0.2) is 48.8 Å². The van der Waals surface area contributed by atoms with Crippen molar-refractivity contribution in [3.05, 3.63) is 80.6 Å². The second-order valence-electron chi connectivity index (χ2n) is 6.15. The van der Waals surface area contributed by atoms with Crippen molar-refractivity contribution in [1.82, 2.24) is 15.4 Å². The van der Waals surface area contributed by atoms with Crippen molar-refractivity contribution in [2.24, 2.45) is 0 Å². The summed E-state index contributed by atoms with van der Waals surface area (Å²) >= 11 is 6.01. The molecule has 0 fully saturated rings. The third-order valence-corrected chi connectivity index (χ3v) is 4.38. The molecule has 2 aromatic carbocycles. The van der Waals surface area contributed by atoms with Crippen LogP contribution in [0.4, 0.5) is 23.0 Å². The minimum absolute atomic E-state index is 0.0389. The fraction of sp³-hybridized carbons (Fsp3) is 0.105. The number of carbonyl (C=O) groups excluding carboxylic acids is 1. The highest BCUT2D eigenvalue weighted by Gasteiger charge is 2.24. The number of hydrazine groups is 1. The van der Waals surface area contributed by atoms with Gasteiger partial charge in [0.1, 0.15) is 6.33 Å². The normalized spacial score (nSPS) is 10.3. The number of anilines is 3. The summed E-state index contributed by atoms with van der Waals surface area (Å²) in [5.41, 5.74) is 7.11. The van der Waals surface area contributed by atoms with E-state index in [4.69, 9.17) is 11.6 Å². The molecule has 0 saturated heterocycles. The molecule has 0 aliphatic rings. The summed E-state index contributed by atoms with van der Waals surface area (Å²) in [7, 11) is 0. The average molecular weight is 413 g/mol. The molecular weight excluding hydrogens is 396 g/mol. The first-order chi connectivity index (χ1) is 13.9. The molecule has 3 rings (SSSR count). The first kappa shape index (κ1) is 20.0. The molecule has 1 heterocycles. The summed E-state index contributed by atoms with van der Waals surface area (Å²) in [6.07, 6.45) is 1.15. The molecule has 10 heteroatoms. The Morgan fingerprint density at radius 3 is 2.52 bits per heavy atom. The number of halogens is 1. The van der Waals surface area contributed by atoms with Gasteiger partial charge in [-0.1, -0.05) is 35.9 Å². The van der Waals surface area contributed by atoms with Crippen LogP contribution in [0, 0.1) is 24.0 Å². The maximum absolute atomic E-state index is 12.4. The third kappa shape index (κ3) is 4.58. The molecule has 0 spiro atoms. The van der Waals surface area contributed by atoms with Crippen LogP contribution >= 0.6 is 11.6 Å². The predicted molar refractivity (Wildman–Crippen MR) is 110 cm³/mol. The molecule has 0 atom stereocenters. The lowest BCUT2D eigenvalue weighted by molar-refractivity contribution is -0.383. The van der Waals surface area contributed by atoms with Crippen LogP contribution in [0.2, 0.25) is 5.02 Å². The smallest absolute Gasteiger partial charge is 0.334 e. The van der Waals surface area contributed by atoms with Crippen molar-refractivity contribution >= 4 is 40.5 Å². The zero-order valence-corrected chi connectivity index (χ0v) is 16.3. The van der Waals surface area contributed by atoms with E-state index in [2.05, 4.69) is 26.1 Å². The maximum Gasteiger partial charge on any atom is 0.355 e. The Kier molecular flexibility index (Phi) is 5.89. The lowest BCUT2D eigenvalue weighted by atomic mass is 10.1. The molecule has 0 radical (unpaired) electrons. The second kappa shape index (κ2) is 8.53. The van der Waals surface area contributed by atoms with Crippen LogP contribution in [-0.2, 0) is 0 Å². The Bertz CT molecular complexity index is 1090. The van der Waals surface area contributed by atoms with Gasteiger partial charge in [0.2, 0.25) is 11.6 Å². The molecule has 29 heavy (non-hydrogen) atoms. The molecule has 9 nitrogen and oxygen atoms in total. The number of aromatic nitrogens is 2. The standard InChI is InChI=1S/C19H17ClN6O3/c1-11-5-3-4-6-14(11)19(27)25-24-18-16(26(28)29)17(21-10-22-18)23-15-9-13(20)8-7-12(15)2/h3-10H,1-2H3,(H,25,27)(H2,21,22,23,24). The topological polar surface area (TPSA) is 122 Å². The van der Waals surface area contributed by atoms with Crippen molar-refractivity contribution in [3.63, 3.8) is 0 Å². The Morgan fingerprint density at radius 1 is 1.07 bits per heavy atom. The molecule has 0 aliphatic heterocycles. The number of amides is 1. The second-order valence-corrected chi connectivity index (χ2v) is 6.59. The van der Waals surface area contributed by atoms with Crippen LogP contribution in [0.25, 0.3) is 0 Å². The summed E-state index contributed by atoms with van der Waals surface area (Å²) in [6, 6.07) is 12.1. The van der Waals surface area contributed by atoms with Crippen LogP contribution in [0.5, 0.6) is 0 Å². The van der Waals surface area contributed by atoms with Crippen molar-refractivity contribution in [2.45, 2.75) is 13.8 Å². The first-order valence-corrected chi connectivity index (χ1v) is 8.89. The Labute approximate surface area is 171 Å². The fourth-order valence-electron chi connectivity index (χ4n) is 2.60. The molecule has 3 N–H and O–H groups in total. The van der Waals surface area contributed by atoms with Crippen molar-refractivity contribution < 1.29 is 9.72 Å². The number of rotatable bonds is 6. The van der Waals surface area contributed by atoms with Gasteiger partial charge in [0.05, 0.1) is 4.92 Å². The van der Waals surface area contributed by atoms with Crippen LogP contribution < -0.4 is 16.2 Å². The molecule has 0 aliphatic carbocycles. The van der Waals surface area contributed by atoms with Crippen molar-refractivity contribution in [3.8, 4) is 0 Å². The number of carbonyl (C=O) groups is 1.